The number of aromatic nitrogens is 1. The van der Waals surface area contributed by atoms with E-state index in [4.69, 9.17) is 5.26 Å². The smallest absolute Gasteiger partial charge is 0.161 e. The highest BCUT2D eigenvalue weighted by atomic mass is 16.3. The Labute approximate surface area is 124 Å². The lowest BCUT2D eigenvalue weighted by atomic mass is 10.0. The van der Waals surface area contributed by atoms with Gasteiger partial charge in [0.05, 0.1) is 24.1 Å². The number of benzene rings is 1. The van der Waals surface area contributed by atoms with Crippen molar-refractivity contribution >= 4 is 16.7 Å². The van der Waals surface area contributed by atoms with Crippen LogP contribution >= 0.6 is 0 Å². The molecular weight excluding hydrogens is 264 g/mol. The standard InChI is InChI=1S/C17H20N2O2/c1-10-7-15-11(2)12(3)19(9-14(21)5-6-18)17(15)16(8-10)13(4)20/h7-8,14,21H,5,9H2,1-4H3. The van der Waals surface area contributed by atoms with E-state index in [0.29, 0.717) is 12.1 Å². The number of carbonyl (C=O) groups excluding carboxylic acids is 1. The molecule has 0 aliphatic heterocycles. The molecule has 1 aromatic carbocycles. The van der Waals surface area contributed by atoms with Gasteiger partial charge < -0.3 is 9.67 Å². The predicted molar refractivity (Wildman–Crippen MR) is 82.4 cm³/mol. The molecule has 110 valence electrons. The van der Waals surface area contributed by atoms with Crippen molar-refractivity contribution in [1.29, 1.82) is 5.26 Å². The van der Waals surface area contributed by atoms with Crippen LogP contribution in [0.2, 0.25) is 0 Å². The lowest BCUT2D eigenvalue weighted by Crippen LogP contribution is -2.17. The van der Waals surface area contributed by atoms with Gasteiger partial charge in [0.25, 0.3) is 0 Å². The molecule has 0 amide bonds. The van der Waals surface area contributed by atoms with Crippen LogP contribution in [0, 0.1) is 32.1 Å². The molecule has 21 heavy (non-hydrogen) atoms. The Morgan fingerprint density at radius 2 is 2.05 bits per heavy atom. The van der Waals surface area contributed by atoms with Crippen LogP contribution < -0.4 is 0 Å². The van der Waals surface area contributed by atoms with Gasteiger partial charge in [-0.1, -0.05) is 0 Å². The summed E-state index contributed by atoms with van der Waals surface area (Å²) >= 11 is 0. The molecule has 2 aromatic rings. The summed E-state index contributed by atoms with van der Waals surface area (Å²) in [6.45, 7) is 7.86. The SMILES string of the molecule is CC(=O)c1cc(C)cc2c(C)c(C)n(CC(O)CC#N)c12. The maximum atomic E-state index is 12.0. The van der Waals surface area contributed by atoms with Crippen LogP contribution in [0.3, 0.4) is 0 Å². The maximum Gasteiger partial charge on any atom is 0.161 e. The first-order valence-electron chi connectivity index (χ1n) is 7.02. The number of rotatable bonds is 4. The Bertz CT molecular complexity index is 750. The Kier molecular flexibility index (Phi) is 4.15. The summed E-state index contributed by atoms with van der Waals surface area (Å²) in [5.41, 5.74) is 4.71. The zero-order valence-corrected chi connectivity index (χ0v) is 12.9. The molecule has 4 nitrogen and oxygen atoms in total. The molecule has 0 fully saturated rings. The highest BCUT2D eigenvalue weighted by Gasteiger charge is 2.18. The number of ketones is 1. The summed E-state index contributed by atoms with van der Waals surface area (Å²) in [6.07, 6.45) is -0.649. The quantitative estimate of drug-likeness (QED) is 0.877. The summed E-state index contributed by atoms with van der Waals surface area (Å²) in [6, 6.07) is 5.93. The second-order valence-electron chi connectivity index (χ2n) is 5.60. The topological polar surface area (TPSA) is 66.0 Å². The average molecular weight is 284 g/mol. The van der Waals surface area contributed by atoms with Gasteiger partial charge in [0.1, 0.15) is 0 Å². The molecule has 0 spiro atoms. The first kappa shape index (κ1) is 15.3. The molecule has 0 saturated carbocycles. The summed E-state index contributed by atoms with van der Waals surface area (Å²) in [5, 5.41) is 19.7. The van der Waals surface area contributed by atoms with Gasteiger partial charge in [-0.05, 0) is 51.0 Å². The Balaban J connectivity index is 2.73. The van der Waals surface area contributed by atoms with Crippen molar-refractivity contribution in [3.05, 3.63) is 34.5 Å². The van der Waals surface area contributed by atoms with Gasteiger partial charge in [-0.25, -0.2) is 0 Å². The van der Waals surface area contributed by atoms with E-state index in [0.717, 1.165) is 27.7 Å². The van der Waals surface area contributed by atoms with Crippen molar-refractivity contribution in [2.45, 2.75) is 46.8 Å². The first-order valence-corrected chi connectivity index (χ1v) is 7.02. The first-order chi connectivity index (χ1) is 9.86. The lowest BCUT2D eigenvalue weighted by Gasteiger charge is -2.14. The van der Waals surface area contributed by atoms with Crippen LogP contribution in [-0.4, -0.2) is 21.6 Å². The molecule has 2 rings (SSSR count). The van der Waals surface area contributed by atoms with Crippen LogP contribution in [0.1, 0.15) is 40.5 Å². The van der Waals surface area contributed by atoms with Gasteiger partial charge in [-0.2, -0.15) is 5.26 Å². The molecule has 1 heterocycles. The van der Waals surface area contributed by atoms with E-state index in [1.165, 1.54) is 0 Å². The van der Waals surface area contributed by atoms with Crippen LogP contribution in [-0.2, 0) is 6.54 Å². The molecule has 1 unspecified atom stereocenters. The highest BCUT2D eigenvalue weighted by Crippen LogP contribution is 2.30. The van der Waals surface area contributed by atoms with Gasteiger partial charge in [0.15, 0.2) is 5.78 Å². The average Bonchev–Trinajstić information content (AvgIpc) is 2.63. The summed E-state index contributed by atoms with van der Waals surface area (Å²) in [5.74, 6) is 0.0113. The minimum atomic E-state index is -0.732. The number of fused-ring (bicyclic) bond motifs is 1. The molecule has 4 heteroatoms. The number of aliphatic hydroxyl groups excluding tert-OH is 1. The monoisotopic (exact) mass is 284 g/mol. The Morgan fingerprint density at radius 1 is 1.38 bits per heavy atom. The van der Waals surface area contributed by atoms with Gasteiger partial charge in [0, 0.05) is 23.2 Å². The third-order valence-electron chi connectivity index (χ3n) is 3.98. The van der Waals surface area contributed by atoms with Crippen molar-refractivity contribution in [3.63, 3.8) is 0 Å². The van der Waals surface area contributed by atoms with Gasteiger partial charge >= 0.3 is 0 Å². The third kappa shape index (κ3) is 2.70. The minimum absolute atomic E-state index is 0.0113. The van der Waals surface area contributed by atoms with Crippen LogP contribution in [0.5, 0.6) is 0 Å². The summed E-state index contributed by atoms with van der Waals surface area (Å²) in [7, 11) is 0. The van der Waals surface area contributed by atoms with E-state index in [1.54, 1.807) is 6.92 Å². The molecule has 0 aliphatic rings. The number of aryl methyl sites for hydroxylation is 2. The zero-order chi connectivity index (χ0) is 15.7. The van der Waals surface area contributed by atoms with Gasteiger partial charge in [-0.15, -0.1) is 0 Å². The Morgan fingerprint density at radius 3 is 2.62 bits per heavy atom. The molecule has 0 radical (unpaired) electrons. The fourth-order valence-electron chi connectivity index (χ4n) is 2.80. The van der Waals surface area contributed by atoms with Crippen molar-refractivity contribution in [2.75, 3.05) is 0 Å². The van der Waals surface area contributed by atoms with Crippen molar-refractivity contribution in [3.8, 4) is 6.07 Å². The molecule has 0 aliphatic carbocycles. The molecule has 1 aromatic heterocycles. The summed E-state index contributed by atoms with van der Waals surface area (Å²) in [4.78, 5) is 12.0. The number of hydrogen-bond acceptors (Lipinski definition) is 3. The Hall–Kier alpha value is -2.12. The van der Waals surface area contributed by atoms with E-state index in [-0.39, 0.29) is 12.2 Å². The number of nitrogens with zero attached hydrogens (tertiary/aromatic N) is 2. The number of carbonyl (C=O) groups is 1. The van der Waals surface area contributed by atoms with E-state index < -0.39 is 6.10 Å². The van der Waals surface area contributed by atoms with E-state index in [1.807, 2.05) is 37.5 Å². The fraction of sp³-hybridized carbons (Fsp3) is 0.412. The van der Waals surface area contributed by atoms with Crippen molar-refractivity contribution in [2.24, 2.45) is 0 Å². The molecule has 0 saturated heterocycles. The second-order valence-corrected chi connectivity index (χ2v) is 5.60. The molecule has 1 N–H and O–H groups in total. The van der Waals surface area contributed by atoms with E-state index in [2.05, 4.69) is 6.07 Å². The predicted octanol–water partition coefficient (Wildman–Crippen LogP) is 3.04. The normalized spacial score (nSPS) is 12.4. The number of aliphatic hydroxyl groups is 1. The van der Waals surface area contributed by atoms with E-state index in [9.17, 15) is 9.90 Å². The second kappa shape index (κ2) is 5.71. The lowest BCUT2D eigenvalue weighted by molar-refractivity contribution is 0.101. The number of hydrogen-bond donors (Lipinski definition) is 1. The number of Topliss-reactive ketones (excluding diaryl/α,β-unsaturated/α-hetero) is 1. The van der Waals surface area contributed by atoms with Crippen LogP contribution in [0.25, 0.3) is 10.9 Å². The fourth-order valence-corrected chi connectivity index (χ4v) is 2.80. The molecule has 0 bridgehead atoms. The van der Waals surface area contributed by atoms with E-state index >= 15 is 0 Å². The maximum absolute atomic E-state index is 12.0. The van der Waals surface area contributed by atoms with Gasteiger partial charge in [0.2, 0.25) is 0 Å². The van der Waals surface area contributed by atoms with Crippen LogP contribution in [0.15, 0.2) is 12.1 Å². The minimum Gasteiger partial charge on any atom is -0.390 e. The van der Waals surface area contributed by atoms with Crippen molar-refractivity contribution < 1.29 is 9.90 Å². The van der Waals surface area contributed by atoms with Gasteiger partial charge in [-0.3, -0.25) is 4.79 Å². The van der Waals surface area contributed by atoms with Crippen molar-refractivity contribution in [1.82, 2.24) is 4.57 Å². The number of nitriles is 1. The summed E-state index contributed by atoms with van der Waals surface area (Å²) < 4.78 is 1.96. The third-order valence-corrected chi connectivity index (χ3v) is 3.98. The highest BCUT2D eigenvalue weighted by molar-refractivity contribution is 6.07. The van der Waals surface area contributed by atoms with Crippen LogP contribution in [0.4, 0.5) is 0 Å². The zero-order valence-electron chi connectivity index (χ0n) is 12.9. The molecular formula is C17H20N2O2. The molecule has 1 atom stereocenters. The largest absolute Gasteiger partial charge is 0.390 e.